The molecule has 100 valence electrons. The summed E-state index contributed by atoms with van der Waals surface area (Å²) in [6.07, 6.45) is 0. The van der Waals surface area contributed by atoms with Crippen LogP contribution in [0, 0.1) is 4.51 Å². The van der Waals surface area contributed by atoms with Crippen LogP contribution < -0.4 is 0 Å². The molecule has 3 aromatic carbocycles. The summed E-state index contributed by atoms with van der Waals surface area (Å²) < 4.78 is 6.80. The van der Waals surface area contributed by atoms with Crippen LogP contribution in [0.4, 0.5) is 0 Å². The molecule has 0 saturated carbocycles. The fraction of sp³-hybridized carbons (Fsp3) is 0. The van der Waals surface area contributed by atoms with Crippen LogP contribution in [0.1, 0.15) is 0 Å². The largest absolute Gasteiger partial charge is 0.456 e. The van der Waals surface area contributed by atoms with E-state index in [4.69, 9.17) is 16.6 Å². The zero-order valence-corrected chi connectivity index (χ0v) is 12.1. The van der Waals surface area contributed by atoms with Gasteiger partial charge >= 0.3 is 0 Å². The van der Waals surface area contributed by atoms with Gasteiger partial charge in [-0.2, -0.15) is 0 Å². The molecular weight excluding hydrogens is 276 g/mol. The molecule has 0 bridgehead atoms. The van der Waals surface area contributed by atoms with Gasteiger partial charge in [-0.1, -0.05) is 60.7 Å². The normalized spacial score (nSPS) is 11.0. The van der Waals surface area contributed by atoms with Crippen LogP contribution in [0.2, 0.25) is 0 Å². The molecule has 0 unspecified atom stereocenters. The summed E-state index contributed by atoms with van der Waals surface area (Å²) in [5.74, 6) is 0. The van der Waals surface area contributed by atoms with E-state index >= 15 is 0 Å². The summed E-state index contributed by atoms with van der Waals surface area (Å²) in [7, 11) is 0. The minimum atomic E-state index is 0.832. The van der Waals surface area contributed by atoms with Crippen molar-refractivity contribution in [1.29, 1.82) is 0 Å². The third-order valence-electron chi connectivity index (χ3n) is 3.68. The third kappa shape index (κ3) is 2.05. The van der Waals surface area contributed by atoms with Crippen LogP contribution in [0.3, 0.4) is 0 Å². The molecule has 1 nitrogen and oxygen atoms in total. The Labute approximate surface area is 127 Å². The molecule has 0 aliphatic heterocycles. The Balaban J connectivity index is 2.06. The first-order valence-corrected chi connectivity index (χ1v) is 7.25. The SMILES string of the molecule is S=c1c2ccccc2oc2ccc(-c3ccccc3)cc12. The quantitative estimate of drug-likeness (QED) is 0.315. The Morgan fingerprint density at radius 1 is 0.619 bits per heavy atom. The van der Waals surface area contributed by atoms with Crippen molar-refractivity contribution in [2.45, 2.75) is 0 Å². The van der Waals surface area contributed by atoms with Gasteiger partial charge in [0.15, 0.2) is 0 Å². The lowest BCUT2D eigenvalue weighted by atomic mass is 10.0. The van der Waals surface area contributed by atoms with Gasteiger partial charge < -0.3 is 4.42 Å². The number of fused-ring (bicyclic) bond motifs is 2. The number of rotatable bonds is 1. The predicted molar refractivity (Wildman–Crippen MR) is 90.0 cm³/mol. The lowest BCUT2D eigenvalue weighted by molar-refractivity contribution is 0.660. The van der Waals surface area contributed by atoms with Crippen molar-refractivity contribution < 1.29 is 4.42 Å². The third-order valence-corrected chi connectivity index (χ3v) is 4.12. The minimum absolute atomic E-state index is 0.832. The fourth-order valence-corrected chi connectivity index (χ4v) is 2.94. The Morgan fingerprint density at radius 2 is 1.33 bits per heavy atom. The van der Waals surface area contributed by atoms with Crippen molar-refractivity contribution in [3.63, 3.8) is 0 Å². The van der Waals surface area contributed by atoms with Crippen molar-refractivity contribution in [3.8, 4) is 11.1 Å². The average molecular weight is 288 g/mol. The number of para-hydroxylation sites is 1. The van der Waals surface area contributed by atoms with Gasteiger partial charge in [0.25, 0.3) is 0 Å². The summed E-state index contributed by atoms with van der Waals surface area (Å²) in [5.41, 5.74) is 4.00. The number of hydrogen-bond acceptors (Lipinski definition) is 2. The highest BCUT2D eigenvalue weighted by Gasteiger charge is 2.06. The first-order chi connectivity index (χ1) is 10.3. The molecular formula is C19H12OS. The minimum Gasteiger partial charge on any atom is -0.456 e. The second kappa shape index (κ2) is 4.83. The van der Waals surface area contributed by atoms with E-state index in [1.807, 2.05) is 48.5 Å². The molecule has 4 rings (SSSR count). The van der Waals surface area contributed by atoms with Crippen LogP contribution in [-0.4, -0.2) is 0 Å². The predicted octanol–water partition coefficient (Wildman–Crippen LogP) is 5.98. The van der Waals surface area contributed by atoms with Gasteiger partial charge in [0, 0.05) is 10.8 Å². The van der Waals surface area contributed by atoms with Gasteiger partial charge in [0.05, 0.1) is 4.51 Å². The van der Waals surface area contributed by atoms with Crippen molar-refractivity contribution in [2.75, 3.05) is 0 Å². The highest BCUT2D eigenvalue weighted by Crippen LogP contribution is 2.29. The summed E-state index contributed by atoms with van der Waals surface area (Å²) >= 11 is 5.64. The topological polar surface area (TPSA) is 13.1 Å². The Bertz CT molecular complexity index is 1000. The summed E-state index contributed by atoms with van der Waals surface area (Å²) in [5, 5.41) is 1.98. The number of benzene rings is 3. The lowest BCUT2D eigenvalue weighted by Gasteiger charge is -2.06. The molecule has 0 aliphatic rings. The monoisotopic (exact) mass is 288 g/mol. The lowest BCUT2D eigenvalue weighted by Crippen LogP contribution is -1.82. The van der Waals surface area contributed by atoms with Crippen LogP contribution in [0.15, 0.2) is 77.2 Å². The van der Waals surface area contributed by atoms with E-state index in [9.17, 15) is 0 Å². The van der Waals surface area contributed by atoms with E-state index in [0.717, 1.165) is 32.0 Å². The Hall–Kier alpha value is -2.45. The van der Waals surface area contributed by atoms with E-state index in [2.05, 4.69) is 24.3 Å². The van der Waals surface area contributed by atoms with Gasteiger partial charge in [0.1, 0.15) is 11.2 Å². The van der Waals surface area contributed by atoms with E-state index in [0.29, 0.717) is 0 Å². The molecule has 1 heterocycles. The van der Waals surface area contributed by atoms with Crippen molar-refractivity contribution in [3.05, 3.63) is 77.3 Å². The maximum Gasteiger partial charge on any atom is 0.136 e. The maximum absolute atomic E-state index is 5.95. The first-order valence-electron chi connectivity index (χ1n) is 6.84. The van der Waals surface area contributed by atoms with Crippen molar-refractivity contribution in [2.24, 2.45) is 0 Å². The summed E-state index contributed by atoms with van der Waals surface area (Å²) in [4.78, 5) is 0. The molecule has 0 aliphatic carbocycles. The van der Waals surface area contributed by atoms with E-state index in [-0.39, 0.29) is 0 Å². The summed E-state index contributed by atoms with van der Waals surface area (Å²) in [6.45, 7) is 0. The van der Waals surface area contributed by atoms with Crippen LogP contribution in [-0.2, 0) is 0 Å². The van der Waals surface area contributed by atoms with Gasteiger partial charge in [-0.15, -0.1) is 0 Å². The molecule has 0 amide bonds. The number of hydrogen-bond donors (Lipinski definition) is 0. The van der Waals surface area contributed by atoms with Crippen LogP contribution >= 0.6 is 12.2 Å². The maximum atomic E-state index is 5.95. The molecule has 1 aromatic heterocycles. The van der Waals surface area contributed by atoms with Crippen molar-refractivity contribution in [1.82, 2.24) is 0 Å². The average Bonchev–Trinajstić information content (AvgIpc) is 2.56. The van der Waals surface area contributed by atoms with Gasteiger partial charge in [0.2, 0.25) is 0 Å². The Morgan fingerprint density at radius 3 is 2.19 bits per heavy atom. The van der Waals surface area contributed by atoms with Crippen LogP contribution in [0.5, 0.6) is 0 Å². The van der Waals surface area contributed by atoms with Crippen LogP contribution in [0.25, 0.3) is 33.1 Å². The molecule has 0 spiro atoms. The van der Waals surface area contributed by atoms with E-state index < -0.39 is 0 Å². The first kappa shape index (κ1) is 12.3. The fourth-order valence-electron chi connectivity index (χ4n) is 2.61. The van der Waals surface area contributed by atoms with E-state index in [1.54, 1.807) is 0 Å². The molecule has 0 atom stereocenters. The van der Waals surface area contributed by atoms with Gasteiger partial charge in [-0.25, -0.2) is 0 Å². The van der Waals surface area contributed by atoms with Crippen molar-refractivity contribution >= 4 is 34.2 Å². The zero-order valence-electron chi connectivity index (χ0n) is 11.2. The zero-order chi connectivity index (χ0) is 14.2. The molecule has 0 radical (unpaired) electrons. The van der Waals surface area contributed by atoms with E-state index in [1.165, 1.54) is 5.56 Å². The Kier molecular flexibility index (Phi) is 2.83. The molecule has 2 heteroatoms. The standard InChI is InChI=1S/C19H12OS/c21-19-15-8-4-5-9-17(15)20-18-11-10-14(12-16(18)19)13-6-2-1-3-7-13/h1-12H. The summed E-state index contributed by atoms with van der Waals surface area (Å²) in [6, 6.07) is 24.4. The highest BCUT2D eigenvalue weighted by molar-refractivity contribution is 7.72. The molecule has 0 fully saturated rings. The molecule has 0 N–H and O–H groups in total. The second-order valence-electron chi connectivity index (χ2n) is 5.00. The smallest absolute Gasteiger partial charge is 0.136 e. The highest BCUT2D eigenvalue weighted by atomic mass is 32.1. The molecule has 4 aromatic rings. The second-order valence-corrected chi connectivity index (χ2v) is 5.41. The van der Waals surface area contributed by atoms with Gasteiger partial charge in [-0.05, 0) is 35.4 Å². The molecule has 21 heavy (non-hydrogen) atoms. The van der Waals surface area contributed by atoms with Gasteiger partial charge in [-0.3, -0.25) is 0 Å². The molecule has 0 saturated heterocycles.